The molecule has 1 aromatic rings. The average Bonchev–Trinajstić information content (AvgIpc) is 2.70. The van der Waals surface area contributed by atoms with Crippen molar-refractivity contribution in [3.8, 4) is 0 Å². The second kappa shape index (κ2) is 4.53. The summed E-state index contributed by atoms with van der Waals surface area (Å²) in [6, 6.07) is 7.33. The maximum absolute atomic E-state index is 11.4. The number of rotatable bonds is 3. The second-order valence-corrected chi connectivity index (χ2v) is 5.68. The number of primary sulfonamides is 1. The SMILES string of the molecule is NS(=O)(=O)c1ccccc1C[C@@H]1CCCN1. The summed E-state index contributed by atoms with van der Waals surface area (Å²) >= 11 is 0. The van der Waals surface area contributed by atoms with Gasteiger partial charge in [0.25, 0.3) is 0 Å². The molecule has 1 heterocycles. The van der Waals surface area contributed by atoms with Gasteiger partial charge >= 0.3 is 0 Å². The summed E-state index contributed by atoms with van der Waals surface area (Å²) in [6.07, 6.45) is 2.98. The highest BCUT2D eigenvalue weighted by atomic mass is 32.2. The predicted molar refractivity (Wildman–Crippen MR) is 62.5 cm³/mol. The van der Waals surface area contributed by atoms with Crippen LogP contribution in [0, 0.1) is 0 Å². The number of nitrogens with one attached hydrogen (secondary N) is 1. The van der Waals surface area contributed by atoms with E-state index in [0.29, 0.717) is 6.04 Å². The molecule has 3 N–H and O–H groups in total. The predicted octanol–water partition coefficient (Wildman–Crippen LogP) is 0.629. The second-order valence-electron chi connectivity index (χ2n) is 4.15. The minimum atomic E-state index is -3.60. The third-order valence-electron chi connectivity index (χ3n) is 2.91. The van der Waals surface area contributed by atoms with Crippen LogP contribution in [0.3, 0.4) is 0 Å². The minimum Gasteiger partial charge on any atom is -0.314 e. The highest BCUT2D eigenvalue weighted by Crippen LogP contribution is 2.18. The van der Waals surface area contributed by atoms with Crippen molar-refractivity contribution in [2.45, 2.75) is 30.2 Å². The first kappa shape index (κ1) is 11.6. The van der Waals surface area contributed by atoms with Crippen LogP contribution in [-0.4, -0.2) is 21.0 Å². The first-order valence-electron chi connectivity index (χ1n) is 5.41. The van der Waals surface area contributed by atoms with Gasteiger partial charge < -0.3 is 5.32 Å². The Morgan fingerprint density at radius 1 is 1.38 bits per heavy atom. The lowest BCUT2D eigenvalue weighted by atomic mass is 10.0. The van der Waals surface area contributed by atoms with Crippen molar-refractivity contribution >= 4 is 10.0 Å². The molecule has 1 atom stereocenters. The maximum Gasteiger partial charge on any atom is 0.238 e. The Morgan fingerprint density at radius 2 is 2.12 bits per heavy atom. The van der Waals surface area contributed by atoms with Crippen LogP contribution >= 0.6 is 0 Å². The van der Waals surface area contributed by atoms with E-state index in [1.165, 1.54) is 0 Å². The summed E-state index contributed by atoms with van der Waals surface area (Å²) in [4.78, 5) is 0.253. The third-order valence-corrected chi connectivity index (χ3v) is 3.92. The Labute approximate surface area is 95.9 Å². The number of hydrogen-bond donors (Lipinski definition) is 2. The van der Waals surface area contributed by atoms with Gasteiger partial charge in [-0.1, -0.05) is 18.2 Å². The highest BCUT2D eigenvalue weighted by molar-refractivity contribution is 7.89. The zero-order valence-corrected chi connectivity index (χ0v) is 9.83. The monoisotopic (exact) mass is 240 g/mol. The first-order valence-corrected chi connectivity index (χ1v) is 6.96. The van der Waals surface area contributed by atoms with Crippen molar-refractivity contribution in [3.63, 3.8) is 0 Å². The Morgan fingerprint density at radius 3 is 2.75 bits per heavy atom. The van der Waals surface area contributed by atoms with E-state index in [4.69, 9.17) is 5.14 Å². The van der Waals surface area contributed by atoms with Crippen molar-refractivity contribution in [3.05, 3.63) is 29.8 Å². The van der Waals surface area contributed by atoms with E-state index in [1.807, 2.05) is 12.1 Å². The lowest BCUT2D eigenvalue weighted by Crippen LogP contribution is -2.25. The summed E-state index contributed by atoms with van der Waals surface area (Å²) in [5.74, 6) is 0. The fourth-order valence-corrected chi connectivity index (χ4v) is 2.93. The zero-order valence-electron chi connectivity index (χ0n) is 9.02. The molecule has 0 unspecified atom stereocenters. The summed E-state index contributed by atoms with van der Waals surface area (Å²) < 4.78 is 22.8. The van der Waals surface area contributed by atoms with Crippen LogP contribution < -0.4 is 10.5 Å². The van der Waals surface area contributed by atoms with E-state index in [0.717, 1.165) is 31.4 Å². The third kappa shape index (κ3) is 2.61. The summed E-state index contributed by atoms with van der Waals surface area (Å²) in [7, 11) is -3.60. The number of sulfonamides is 1. The van der Waals surface area contributed by atoms with E-state index in [1.54, 1.807) is 12.1 Å². The summed E-state index contributed by atoms with van der Waals surface area (Å²) in [5.41, 5.74) is 0.810. The molecule has 1 aliphatic rings. The molecule has 0 bridgehead atoms. The van der Waals surface area contributed by atoms with Gasteiger partial charge in [-0.25, -0.2) is 13.6 Å². The molecule has 0 aliphatic carbocycles. The summed E-state index contributed by atoms with van der Waals surface area (Å²) in [6.45, 7) is 1.02. The molecule has 5 heteroatoms. The molecule has 1 saturated heterocycles. The molecule has 0 amide bonds. The van der Waals surface area contributed by atoms with Gasteiger partial charge in [0.05, 0.1) is 4.90 Å². The van der Waals surface area contributed by atoms with E-state index >= 15 is 0 Å². The fourth-order valence-electron chi connectivity index (χ4n) is 2.15. The van der Waals surface area contributed by atoms with Gasteiger partial charge in [-0.05, 0) is 37.4 Å². The number of hydrogen-bond acceptors (Lipinski definition) is 3. The van der Waals surface area contributed by atoms with Crippen molar-refractivity contribution in [2.75, 3.05) is 6.54 Å². The Kier molecular flexibility index (Phi) is 3.28. The smallest absolute Gasteiger partial charge is 0.238 e. The van der Waals surface area contributed by atoms with Crippen LogP contribution in [0.15, 0.2) is 29.2 Å². The van der Waals surface area contributed by atoms with Gasteiger partial charge in [0.1, 0.15) is 0 Å². The molecule has 0 radical (unpaired) electrons. The van der Waals surface area contributed by atoms with Crippen LogP contribution in [0.5, 0.6) is 0 Å². The maximum atomic E-state index is 11.4. The van der Waals surface area contributed by atoms with Gasteiger partial charge in [-0.3, -0.25) is 0 Å². The molecule has 1 aromatic carbocycles. The molecular weight excluding hydrogens is 224 g/mol. The largest absolute Gasteiger partial charge is 0.314 e. The molecule has 1 aliphatic heterocycles. The Bertz CT molecular complexity index is 465. The first-order chi connectivity index (χ1) is 7.57. The van der Waals surface area contributed by atoms with E-state index in [-0.39, 0.29) is 4.90 Å². The Balaban J connectivity index is 2.26. The van der Waals surface area contributed by atoms with Gasteiger partial charge in [0.15, 0.2) is 0 Å². The van der Waals surface area contributed by atoms with Crippen molar-refractivity contribution in [1.29, 1.82) is 0 Å². The minimum absolute atomic E-state index is 0.253. The molecule has 0 aromatic heterocycles. The molecular formula is C11H16N2O2S. The van der Waals surface area contributed by atoms with Gasteiger partial charge in [0.2, 0.25) is 10.0 Å². The van der Waals surface area contributed by atoms with Gasteiger partial charge in [0, 0.05) is 6.04 Å². The van der Waals surface area contributed by atoms with Crippen molar-refractivity contribution < 1.29 is 8.42 Å². The quantitative estimate of drug-likeness (QED) is 0.814. The van der Waals surface area contributed by atoms with Crippen LogP contribution in [0.4, 0.5) is 0 Å². The fraction of sp³-hybridized carbons (Fsp3) is 0.455. The average molecular weight is 240 g/mol. The van der Waals surface area contributed by atoms with Crippen molar-refractivity contribution in [2.24, 2.45) is 5.14 Å². The van der Waals surface area contributed by atoms with E-state index < -0.39 is 10.0 Å². The zero-order chi connectivity index (χ0) is 11.6. The van der Waals surface area contributed by atoms with Crippen molar-refractivity contribution in [1.82, 2.24) is 5.32 Å². The number of benzene rings is 1. The molecule has 0 spiro atoms. The van der Waals surface area contributed by atoms with Crippen LogP contribution in [0.1, 0.15) is 18.4 Å². The highest BCUT2D eigenvalue weighted by Gasteiger charge is 2.19. The van der Waals surface area contributed by atoms with Crippen LogP contribution in [-0.2, 0) is 16.4 Å². The number of nitrogens with two attached hydrogens (primary N) is 1. The standard InChI is InChI=1S/C11H16N2O2S/c12-16(14,15)11-6-2-1-4-9(11)8-10-5-3-7-13-10/h1-2,4,6,10,13H,3,5,7-8H2,(H2,12,14,15)/t10-/m0/s1. The van der Waals surface area contributed by atoms with Gasteiger partial charge in [-0.2, -0.15) is 0 Å². The van der Waals surface area contributed by atoms with Crippen LogP contribution in [0.25, 0.3) is 0 Å². The molecule has 4 nitrogen and oxygen atoms in total. The van der Waals surface area contributed by atoms with E-state index in [2.05, 4.69) is 5.32 Å². The molecule has 2 rings (SSSR count). The Hall–Kier alpha value is -0.910. The lowest BCUT2D eigenvalue weighted by Gasteiger charge is -2.12. The van der Waals surface area contributed by atoms with E-state index in [9.17, 15) is 8.42 Å². The molecule has 0 saturated carbocycles. The molecule has 1 fully saturated rings. The normalized spacial score (nSPS) is 21.2. The lowest BCUT2D eigenvalue weighted by molar-refractivity contribution is 0.584. The van der Waals surface area contributed by atoms with Gasteiger partial charge in [-0.15, -0.1) is 0 Å². The molecule has 88 valence electrons. The topological polar surface area (TPSA) is 72.2 Å². The molecule has 16 heavy (non-hydrogen) atoms. The van der Waals surface area contributed by atoms with Crippen LogP contribution in [0.2, 0.25) is 0 Å². The summed E-state index contributed by atoms with van der Waals surface area (Å²) in [5, 5.41) is 8.53.